The first-order valence-electron chi connectivity index (χ1n) is 9.30. The number of rotatable bonds is 4. The molecule has 0 aliphatic carbocycles. The molecular formula is C21H21FN6O. The van der Waals surface area contributed by atoms with Crippen molar-refractivity contribution in [2.24, 2.45) is 5.73 Å². The predicted molar refractivity (Wildman–Crippen MR) is 111 cm³/mol. The summed E-state index contributed by atoms with van der Waals surface area (Å²) in [7, 11) is 0. The van der Waals surface area contributed by atoms with Crippen molar-refractivity contribution >= 4 is 28.6 Å². The summed E-state index contributed by atoms with van der Waals surface area (Å²) >= 11 is 0. The topological polar surface area (TPSA) is 101 Å². The van der Waals surface area contributed by atoms with Gasteiger partial charge in [0.05, 0.1) is 31.1 Å². The van der Waals surface area contributed by atoms with Gasteiger partial charge in [-0.15, -0.1) is 0 Å². The number of morpholine rings is 1. The van der Waals surface area contributed by atoms with Crippen molar-refractivity contribution in [3.8, 4) is 11.1 Å². The van der Waals surface area contributed by atoms with Gasteiger partial charge >= 0.3 is 0 Å². The Morgan fingerprint density at radius 3 is 2.97 bits per heavy atom. The highest BCUT2D eigenvalue weighted by Gasteiger charge is 2.23. The minimum absolute atomic E-state index is 0.124. The van der Waals surface area contributed by atoms with Crippen molar-refractivity contribution in [3.05, 3.63) is 54.4 Å². The molecule has 0 saturated carbocycles. The number of aromatic nitrogens is 3. The molecule has 1 saturated heterocycles. The summed E-state index contributed by atoms with van der Waals surface area (Å²) in [6.07, 6.45) is 6.94. The van der Waals surface area contributed by atoms with Crippen LogP contribution in [0.15, 0.2) is 42.9 Å². The standard InChI is InChI=1S/C21H21FN6O/c1-13-12-29-9-8-28(13)19-10-16(14-3-6-25-11-17(14)22)15-4-7-26-21(20(15)27-19)18(24)2-5-23/h2-7,10-11,13,23H,8-9,12,24H2,1H3/b18-2-,23-5?. The Morgan fingerprint density at radius 1 is 1.34 bits per heavy atom. The fourth-order valence-corrected chi connectivity index (χ4v) is 3.55. The summed E-state index contributed by atoms with van der Waals surface area (Å²) in [5.74, 6) is 0.291. The van der Waals surface area contributed by atoms with Gasteiger partial charge in [0.15, 0.2) is 0 Å². The summed E-state index contributed by atoms with van der Waals surface area (Å²) in [6, 6.07) is 5.46. The lowest BCUT2D eigenvalue weighted by atomic mass is 10.0. The second-order valence-corrected chi connectivity index (χ2v) is 6.85. The van der Waals surface area contributed by atoms with Gasteiger partial charge < -0.3 is 20.8 Å². The molecule has 3 N–H and O–H groups in total. The van der Waals surface area contributed by atoms with Gasteiger partial charge in [-0.2, -0.15) is 0 Å². The molecule has 1 atom stereocenters. The third kappa shape index (κ3) is 3.54. The smallest absolute Gasteiger partial charge is 0.149 e. The van der Waals surface area contributed by atoms with Gasteiger partial charge in [-0.3, -0.25) is 9.97 Å². The Labute approximate surface area is 167 Å². The Morgan fingerprint density at radius 2 is 2.21 bits per heavy atom. The van der Waals surface area contributed by atoms with E-state index in [-0.39, 0.29) is 6.04 Å². The normalized spacial score (nSPS) is 17.5. The first-order valence-corrected chi connectivity index (χ1v) is 9.30. The van der Waals surface area contributed by atoms with Crippen LogP contribution in [0.2, 0.25) is 0 Å². The van der Waals surface area contributed by atoms with Crippen LogP contribution < -0.4 is 10.6 Å². The Hall–Kier alpha value is -3.39. The molecule has 1 aliphatic heterocycles. The fourth-order valence-electron chi connectivity index (χ4n) is 3.55. The molecule has 8 heteroatoms. The van der Waals surface area contributed by atoms with E-state index < -0.39 is 5.82 Å². The van der Waals surface area contributed by atoms with E-state index in [0.29, 0.717) is 53.6 Å². The largest absolute Gasteiger partial charge is 0.397 e. The van der Waals surface area contributed by atoms with Gasteiger partial charge in [-0.05, 0) is 36.8 Å². The van der Waals surface area contributed by atoms with Crippen LogP contribution >= 0.6 is 0 Å². The Balaban J connectivity index is 2.02. The molecule has 3 aromatic heterocycles. The third-order valence-electron chi connectivity index (χ3n) is 4.98. The van der Waals surface area contributed by atoms with E-state index in [9.17, 15) is 4.39 Å². The summed E-state index contributed by atoms with van der Waals surface area (Å²) in [5, 5.41) is 8.04. The lowest BCUT2D eigenvalue weighted by Gasteiger charge is -2.34. The quantitative estimate of drug-likeness (QED) is 0.662. The molecule has 0 spiro atoms. The number of nitrogens with zero attached hydrogens (tertiary/aromatic N) is 4. The molecule has 0 aromatic carbocycles. The molecule has 3 aromatic rings. The van der Waals surface area contributed by atoms with Crippen LogP contribution in [0.3, 0.4) is 0 Å². The molecule has 0 radical (unpaired) electrons. The molecule has 29 heavy (non-hydrogen) atoms. The number of pyridine rings is 3. The van der Waals surface area contributed by atoms with Gasteiger partial charge in [0.1, 0.15) is 22.8 Å². The van der Waals surface area contributed by atoms with Crippen molar-refractivity contribution in [3.63, 3.8) is 0 Å². The van der Waals surface area contributed by atoms with Crippen molar-refractivity contribution in [2.45, 2.75) is 13.0 Å². The van der Waals surface area contributed by atoms with Gasteiger partial charge in [0.2, 0.25) is 0 Å². The molecule has 7 nitrogen and oxygen atoms in total. The molecule has 0 bridgehead atoms. The van der Waals surface area contributed by atoms with Gasteiger partial charge in [0, 0.05) is 36.1 Å². The van der Waals surface area contributed by atoms with Crippen LogP contribution in [0.4, 0.5) is 10.2 Å². The zero-order valence-corrected chi connectivity index (χ0v) is 16.0. The number of hydrogen-bond acceptors (Lipinski definition) is 7. The summed E-state index contributed by atoms with van der Waals surface area (Å²) in [4.78, 5) is 15.2. The predicted octanol–water partition coefficient (Wildman–Crippen LogP) is 3.01. The van der Waals surface area contributed by atoms with Crippen LogP contribution in [0.25, 0.3) is 27.7 Å². The lowest BCUT2D eigenvalue weighted by Crippen LogP contribution is -2.44. The van der Waals surface area contributed by atoms with E-state index in [1.807, 2.05) is 6.07 Å². The molecule has 148 valence electrons. The number of nitrogens with one attached hydrogen (secondary N) is 1. The van der Waals surface area contributed by atoms with E-state index in [1.54, 1.807) is 24.5 Å². The molecule has 1 fully saturated rings. The van der Waals surface area contributed by atoms with Crippen molar-refractivity contribution in [1.29, 1.82) is 5.41 Å². The summed E-state index contributed by atoms with van der Waals surface area (Å²) in [5.41, 5.74) is 8.61. The highest BCUT2D eigenvalue weighted by molar-refractivity contribution is 6.01. The zero-order valence-electron chi connectivity index (χ0n) is 16.0. The van der Waals surface area contributed by atoms with Gasteiger partial charge in [-0.25, -0.2) is 9.37 Å². The highest BCUT2D eigenvalue weighted by Crippen LogP contribution is 2.35. The number of fused-ring (bicyclic) bond motifs is 1. The van der Waals surface area contributed by atoms with Gasteiger partial charge in [0.25, 0.3) is 0 Å². The molecule has 4 heterocycles. The Kier molecular flexibility index (Phi) is 5.18. The maximum atomic E-state index is 14.6. The SMILES string of the molecule is CC1COCCN1c1cc(-c2ccncc2F)c2ccnc(/C(N)=C/C=N)c2n1. The monoisotopic (exact) mass is 392 g/mol. The van der Waals surface area contributed by atoms with Gasteiger partial charge in [-0.1, -0.05) is 0 Å². The number of ether oxygens (including phenoxy) is 1. The fraction of sp³-hybridized carbons (Fsp3) is 0.238. The van der Waals surface area contributed by atoms with Crippen LogP contribution in [0.1, 0.15) is 12.6 Å². The first kappa shape index (κ1) is 18.9. The van der Waals surface area contributed by atoms with Crippen molar-refractivity contribution < 1.29 is 9.13 Å². The first-order chi connectivity index (χ1) is 14.1. The number of nitrogens with two attached hydrogens (primary N) is 1. The molecule has 1 unspecified atom stereocenters. The van der Waals surface area contributed by atoms with E-state index in [0.717, 1.165) is 11.6 Å². The second kappa shape index (κ2) is 7.92. The van der Waals surface area contributed by atoms with Crippen molar-refractivity contribution in [1.82, 2.24) is 15.0 Å². The molecular weight excluding hydrogens is 371 g/mol. The molecule has 4 rings (SSSR count). The summed E-state index contributed by atoms with van der Waals surface area (Å²) < 4.78 is 20.2. The van der Waals surface area contributed by atoms with Crippen LogP contribution in [-0.4, -0.2) is 47.0 Å². The minimum Gasteiger partial charge on any atom is -0.397 e. The average Bonchev–Trinajstić information content (AvgIpc) is 2.73. The molecule has 0 amide bonds. The summed E-state index contributed by atoms with van der Waals surface area (Å²) in [6.45, 7) is 3.93. The maximum Gasteiger partial charge on any atom is 0.149 e. The van der Waals surface area contributed by atoms with Crippen LogP contribution in [0.5, 0.6) is 0 Å². The number of hydrogen-bond donors (Lipinski definition) is 2. The lowest BCUT2D eigenvalue weighted by molar-refractivity contribution is 0.0986. The van der Waals surface area contributed by atoms with Crippen LogP contribution in [-0.2, 0) is 4.74 Å². The molecule has 1 aliphatic rings. The maximum absolute atomic E-state index is 14.6. The number of anilines is 1. The second-order valence-electron chi connectivity index (χ2n) is 6.85. The Bertz CT molecular complexity index is 1100. The van der Waals surface area contributed by atoms with E-state index in [2.05, 4.69) is 21.8 Å². The van der Waals surface area contributed by atoms with E-state index in [1.165, 1.54) is 12.3 Å². The minimum atomic E-state index is -0.414. The third-order valence-corrected chi connectivity index (χ3v) is 4.98. The zero-order chi connectivity index (χ0) is 20.4. The van der Waals surface area contributed by atoms with Crippen LogP contribution in [0, 0.1) is 11.2 Å². The highest BCUT2D eigenvalue weighted by atomic mass is 19.1. The number of halogens is 1. The average molecular weight is 392 g/mol. The van der Waals surface area contributed by atoms with E-state index >= 15 is 0 Å². The number of allylic oxidation sites excluding steroid dienone is 1. The van der Waals surface area contributed by atoms with Crippen molar-refractivity contribution in [2.75, 3.05) is 24.7 Å². The van der Waals surface area contributed by atoms with E-state index in [4.69, 9.17) is 20.9 Å².